The Hall–Kier alpha value is -4.27. The number of aromatic nitrogens is 2. The van der Waals surface area contributed by atoms with Gasteiger partial charge in [0.2, 0.25) is 0 Å². The maximum Gasteiger partial charge on any atom is 0.278 e. The molecule has 0 bridgehead atoms. The molecule has 0 spiro atoms. The van der Waals surface area contributed by atoms with Crippen molar-refractivity contribution in [1.82, 2.24) is 9.38 Å². The molecule has 0 fully saturated rings. The summed E-state index contributed by atoms with van der Waals surface area (Å²) in [4.78, 5) is 20.4. The van der Waals surface area contributed by atoms with E-state index >= 15 is 0 Å². The Labute approximate surface area is 249 Å². The van der Waals surface area contributed by atoms with Gasteiger partial charge in [-0.3, -0.25) is 4.79 Å². The van der Waals surface area contributed by atoms with E-state index in [1.54, 1.807) is 46.0 Å². The second-order valence-electron chi connectivity index (χ2n) is 11.7. The van der Waals surface area contributed by atoms with Crippen molar-refractivity contribution in [3.05, 3.63) is 95.4 Å². The summed E-state index contributed by atoms with van der Waals surface area (Å²) in [6.45, 7) is 8.55. The van der Waals surface area contributed by atoms with Crippen LogP contribution in [0.5, 0.6) is 11.5 Å². The van der Waals surface area contributed by atoms with Crippen LogP contribution in [0.25, 0.3) is 16.4 Å². The van der Waals surface area contributed by atoms with Gasteiger partial charge >= 0.3 is 0 Å². The lowest BCUT2D eigenvalue weighted by Gasteiger charge is -2.25. The number of imidazole rings is 1. The standard InChI is InChI=1S/C33H33ClN4O4/c1-19-6-5-7-24-27(42-33(2,3)4)14-26-30(29(19)24)21(15-34)16-38(26)32(41)25-18-37-17-22(10-13-28(37)36-25)35-31(40)20-8-11-23(39)12-9-20/h5-14,17-18,21,31,35,39-40H,15-16H2,1-4H3/t21-,31?/m1/s1. The molecule has 2 aromatic heterocycles. The number of hydrogen-bond acceptors (Lipinski definition) is 6. The second kappa shape index (κ2) is 10.5. The normalized spacial score (nSPS) is 15.7. The maximum absolute atomic E-state index is 14.0. The van der Waals surface area contributed by atoms with Gasteiger partial charge in [-0.05, 0) is 68.5 Å². The van der Waals surface area contributed by atoms with Gasteiger partial charge < -0.3 is 29.6 Å². The van der Waals surface area contributed by atoms with Gasteiger partial charge in [-0.25, -0.2) is 4.98 Å². The molecule has 0 saturated carbocycles. The highest BCUT2D eigenvalue weighted by atomic mass is 35.5. The minimum atomic E-state index is -0.982. The van der Waals surface area contributed by atoms with Gasteiger partial charge in [-0.2, -0.15) is 0 Å². The summed E-state index contributed by atoms with van der Waals surface area (Å²) in [5.41, 5.74) is 4.68. The molecule has 9 heteroatoms. The molecule has 0 aliphatic carbocycles. The average molecular weight is 585 g/mol. The monoisotopic (exact) mass is 584 g/mol. The van der Waals surface area contributed by atoms with E-state index in [1.807, 2.05) is 32.9 Å². The highest BCUT2D eigenvalue weighted by molar-refractivity contribution is 6.19. The Bertz CT molecular complexity index is 1810. The molecule has 1 aliphatic heterocycles. The number of aliphatic hydroxyl groups is 1. The number of ether oxygens (including phenoxy) is 1. The highest BCUT2D eigenvalue weighted by Gasteiger charge is 2.36. The van der Waals surface area contributed by atoms with E-state index in [9.17, 15) is 15.0 Å². The van der Waals surface area contributed by atoms with Crippen molar-refractivity contribution in [2.24, 2.45) is 0 Å². The first kappa shape index (κ1) is 27.9. The third-order valence-electron chi connectivity index (χ3n) is 7.48. The SMILES string of the molecule is Cc1cccc2c(OC(C)(C)C)cc3c(c12)[C@H](CCl)CN3C(=O)c1cn2cc(NC(O)c3ccc(O)cc3)ccc2n1. The molecule has 3 N–H and O–H groups in total. The first-order valence-electron chi connectivity index (χ1n) is 13.9. The molecule has 5 aromatic rings. The van der Waals surface area contributed by atoms with E-state index in [1.165, 1.54) is 12.1 Å². The van der Waals surface area contributed by atoms with Crippen molar-refractivity contribution < 1.29 is 19.7 Å². The van der Waals surface area contributed by atoms with E-state index in [4.69, 9.17) is 16.3 Å². The number of pyridine rings is 1. The van der Waals surface area contributed by atoms with Gasteiger partial charge in [-0.1, -0.05) is 30.3 Å². The Balaban J connectivity index is 1.35. The van der Waals surface area contributed by atoms with Crippen LogP contribution in [0.2, 0.25) is 0 Å². The van der Waals surface area contributed by atoms with Crippen molar-refractivity contribution in [3.63, 3.8) is 0 Å². The summed E-state index contributed by atoms with van der Waals surface area (Å²) in [6.07, 6.45) is 2.49. The summed E-state index contributed by atoms with van der Waals surface area (Å²) in [5, 5.41) is 25.2. The van der Waals surface area contributed by atoms with E-state index < -0.39 is 11.8 Å². The topological polar surface area (TPSA) is 99.3 Å². The van der Waals surface area contributed by atoms with Gasteiger partial charge in [0.15, 0.2) is 6.23 Å². The number of halogens is 1. The first-order valence-corrected chi connectivity index (χ1v) is 14.4. The first-order chi connectivity index (χ1) is 20.0. The Morgan fingerprint density at radius 2 is 1.90 bits per heavy atom. The molecular weight excluding hydrogens is 552 g/mol. The lowest BCUT2D eigenvalue weighted by molar-refractivity contribution is 0.0984. The fourth-order valence-electron chi connectivity index (χ4n) is 5.63. The minimum Gasteiger partial charge on any atom is -0.508 e. The molecule has 0 radical (unpaired) electrons. The Morgan fingerprint density at radius 1 is 1.14 bits per heavy atom. The van der Waals surface area contributed by atoms with Crippen molar-refractivity contribution in [2.75, 3.05) is 22.6 Å². The molecule has 216 valence electrons. The smallest absolute Gasteiger partial charge is 0.278 e. The number of nitrogens with one attached hydrogen (secondary N) is 1. The zero-order chi connectivity index (χ0) is 29.8. The average Bonchev–Trinajstić information content (AvgIpc) is 3.53. The minimum absolute atomic E-state index is 0.0351. The van der Waals surface area contributed by atoms with Crippen molar-refractivity contribution in [2.45, 2.75) is 45.4 Å². The van der Waals surface area contributed by atoms with Gasteiger partial charge in [0.25, 0.3) is 5.91 Å². The molecule has 0 saturated heterocycles. The number of benzene rings is 3. The molecule has 3 heterocycles. The number of amides is 1. The predicted molar refractivity (Wildman–Crippen MR) is 166 cm³/mol. The summed E-state index contributed by atoms with van der Waals surface area (Å²) in [5.74, 6) is 0.976. The maximum atomic E-state index is 14.0. The number of aliphatic hydroxyl groups excluding tert-OH is 1. The number of carbonyl (C=O) groups excluding carboxylic acids is 1. The van der Waals surface area contributed by atoms with Crippen LogP contribution in [0.1, 0.15) is 60.1 Å². The Morgan fingerprint density at radius 3 is 2.62 bits per heavy atom. The zero-order valence-electron chi connectivity index (χ0n) is 23.9. The van der Waals surface area contributed by atoms with E-state index in [0.717, 1.165) is 33.3 Å². The van der Waals surface area contributed by atoms with E-state index in [-0.39, 0.29) is 17.6 Å². The number of aromatic hydroxyl groups is 1. The number of alkyl halides is 1. The van der Waals surface area contributed by atoms with Crippen LogP contribution >= 0.6 is 11.6 Å². The molecule has 1 unspecified atom stereocenters. The number of nitrogens with zero attached hydrogens (tertiary/aromatic N) is 3. The molecule has 1 amide bonds. The van der Waals surface area contributed by atoms with Crippen molar-refractivity contribution in [1.29, 1.82) is 0 Å². The van der Waals surface area contributed by atoms with Crippen molar-refractivity contribution in [3.8, 4) is 11.5 Å². The van der Waals surface area contributed by atoms with Crippen LogP contribution in [-0.2, 0) is 0 Å². The van der Waals surface area contributed by atoms with Crippen LogP contribution in [0.4, 0.5) is 11.4 Å². The van der Waals surface area contributed by atoms with E-state index in [2.05, 4.69) is 29.4 Å². The predicted octanol–water partition coefficient (Wildman–Crippen LogP) is 6.76. The molecular formula is C33H33ClN4O4. The number of phenolic OH excluding ortho intramolecular Hbond substituents is 1. The third-order valence-corrected chi connectivity index (χ3v) is 7.86. The van der Waals surface area contributed by atoms with Gasteiger partial charge in [0.1, 0.15) is 28.4 Å². The Kier molecular flexibility index (Phi) is 6.99. The number of phenols is 1. The quantitative estimate of drug-likeness (QED) is 0.151. The molecule has 42 heavy (non-hydrogen) atoms. The van der Waals surface area contributed by atoms with Crippen LogP contribution in [0, 0.1) is 6.92 Å². The lowest BCUT2D eigenvalue weighted by Crippen LogP contribution is -2.30. The fraction of sp³-hybridized carbons (Fsp3) is 0.273. The summed E-state index contributed by atoms with van der Waals surface area (Å²) < 4.78 is 8.16. The number of fused-ring (bicyclic) bond motifs is 4. The third kappa shape index (κ3) is 5.12. The molecule has 1 aliphatic rings. The molecule has 8 nitrogen and oxygen atoms in total. The van der Waals surface area contributed by atoms with Crippen molar-refractivity contribution >= 4 is 45.3 Å². The van der Waals surface area contributed by atoms with Gasteiger partial charge in [0.05, 0.1) is 11.4 Å². The summed E-state index contributed by atoms with van der Waals surface area (Å²) >= 11 is 6.50. The van der Waals surface area contributed by atoms with E-state index in [0.29, 0.717) is 35.0 Å². The van der Waals surface area contributed by atoms with Crippen LogP contribution in [0.15, 0.2) is 73.1 Å². The lowest BCUT2D eigenvalue weighted by atomic mass is 9.92. The number of rotatable bonds is 6. The summed E-state index contributed by atoms with van der Waals surface area (Å²) in [6, 6.07) is 18.0. The second-order valence-corrected chi connectivity index (χ2v) is 12.0. The number of aryl methyl sites for hydroxylation is 1. The molecule has 6 rings (SSSR count). The van der Waals surface area contributed by atoms with Gasteiger partial charge in [0, 0.05) is 47.8 Å². The molecule has 3 aromatic carbocycles. The van der Waals surface area contributed by atoms with Crippen LogP contribution in [0.3, 0.4) is 0 Å². The number of anilines is 2. The fourth-order valence-corrected chi connectivity index (χ4v) is 5.89. The summed E-state index contributed by atoms with van der Waals surface area (Å²) in [7, 11) is 0. The number of carbonyl (C=O) groups is 1. The molecule has 2 atom stereocenters. The zero-order valence-corrected chi connectivity index (χ0v) is 24.7. The largest absolute Gasteiger partial charge is 0.508 e. The van der Waals surface area contributed by atoms with Gasteiger partial charge in [-0.15, -0.1) is 11.6 Å². The van der Waals surface area contributed by atoms with Crippen LogP contribution in [-0.4, -0.2) is 43.5 Å². The number of hydrogen-bond donors (Lipinski definition) is 3. The van der Waals surface area contributed by atoms with Crippen LogP contribution < -0.4 is 15.0 Å². The highest BCUT2D eigenvalue weighted by Crippen LogP contribution is 2.47.